The van der Waals surface area contributed by atoms with Crippen molar-refractivity contribution in [3.63, 3.8) is 0 Å². The lowest BCUT2D eigenvalue weighted by atomic mass is 9.69. The molecule has 2 aromatic carbocycles. The van der Waals surface area contributed by atoms with Crippen molar-refractivity contribution < 1.29 is 19.0 Å². The molecular formula is C23H22ClNO4. The van der Waals surface area contributed by atoms with E-state index in [0.717, 1.165) is 35.6 Å². The minimum atomic E-state index is -0.336. The second-order valence-corrected chi connectivity index (χ2v) is 8.26. The zero-order chi connectivity index (χ0) is 20.0. The van der Waals surface area contributed by atoms with Crippen LogP contribution in [0.3, 0.4) is 0 Å². The number of carbonyl (C=O) groups is 1. The van der Waals surface area contributed by atoms with E-state index >= 15 is 0 Å². The Bertz CT molecular complexity index is 976. The lowest BCUT2D eigenvalue weighted by Gasteiger charge is -2.36. The molecule has 3 unspecified atom stereocenters. The number of esters is 1. The van der Waals surface area contributed by atoms with E-state index in [1.165, 1.54) is 0 Å². The fourth-order valence-electron chi connectivity index (χ4n) is 4.76. The fourth-order valence-corrected chi connectivity index (χ4v) is 4.97. The Morgan fingerprint density at radius 2 is 2.07 bits per heavy atom. The number of benzene rings is 2. The summed E-state index contributed by atoms with van der Waals surface area (Å²) in [5.41, 5.74) is 2.58. The molecule has 3 atom stereocenters. The highest BCUT2D eigenvalue weighted by atomic mass is 35.5. The van der Waals surface area contributed by atoms with Gasteiger partial charge in [-0.15, -0.1) is 0 Å². The molecule has 2 heterocycles. The molecule has 150 valence electrons. The molecule has 0 bridgehead atoms. The lowest BCUT2D eigenvalue weighted by Crippen LogP contribution is -2.43. The van der Waals surface area contributed by atoms with Gasteiger partial charge in [-0.1, -0.05) is 30.3 Å². The Kier molecular flexibility index (Phi) is 4.52. The van der Waals surface area contributed by atoms with Crippen molar-refractivity contribution in [1.82, 2.24) is 4.42 Å². The van der Waals surface area contributed by atoms with Gasteiger partial charge in [-0.2, -0.15) is 0 Å². The van der Waals surface area contributed by atoms with Crippen molar-refractivity contribution in [2.45, 2.75) is 37.0 Å². The Balaban J connectivity index is 1.48. The normalized spacial score (nSPS) is 27.4. The van der Waals surface area contributed by atoms with Gasteiger partial charge < -0.3 is 14.2 Å². The van der Waals surface area contributed by atoms with E-state index in [0.29, 0.717) is 18.5 Å². The zero-order valence-corrected chi connectivity index (χ0v) is 16.9. The van der Waals surface area contributed by atoms with Crippen LogP contribution in [0.2, 0.25) is 0 Å². The molecule has 2 aromatic rings. The molecule has 0 N–H and O–H groups in total. The predicted octanol–water partition coefficient (Wildman–Crippen LogP) is 4.24. The summed E-state index contributed by atoms with van der Waals surface area (Å²) < 4.78 is 19.6. The van der Waals surface area contributed by atoms with Gasteiger partial charge in [0.2, 0.25) is 0 Å². The average molecular weight is 412 g/mol. The van der Waals surface area contributed by atoms with Crippen molar-refractivity contribution in [2.75, 3.05) is 13.7 Å². The Morgan fingerprint density at radius 1 is 1.24 bits per heavy atom. The summed E-state index contributed by atoms with van der Waals surface area (Å²) in [7, 11) is 1.65. The molecule has 0 aromatic heterocycles. The number of rotatable bonds is 3. The average Bonchev–Trinajstić information content (AvgIpc) is 3.00. The molecule has 2 aliphatic heterocycles. The third-order valence-electron chi connectivity index (χ3n) is 6.16. The van der Waals surface area contributed by atoms with Crippen molar-refractivity contribution >= 4 is 17.7 Å². The lowest BCUT2D eigenvalue weighted by molar-refractivity contribution is 0.0220. The Hall–Kier alpha value is -2.50. The second-order valence-electron chi connectivity index (χ2n) is 7.78. The van der Waals surface area contributed by atoms with Gasteiger partial charge in [0.05, 0.1) is 18.1 Å². The Morgan fingerprint density at radius 3 is 2.86 bits per heavy atom. The number of methoxy groups -OCH3 is 1. The number of nitrogens with zero attached hydrogens (tertiary/aromatic N) is 1. The van der Waals surface area contributed by atoms with Gasteiger partial charge in [0.1, 0.15) is 12.2 Å². The maximum atomic E-state index is 12.5. The monoisotopic (exact) mass is 411 g/mol. The fraction of sp³-hybridized carbons (Fsp3) is 0.348. The number of hydrogen-bond acceptors (Lipinski definition) is 5. The second kappa shape index (κ2) is 7.08. The van der Waals surface area contributed by atoms with Crippen LogP contribution in [0.4, 0.5) is 0 Å². The zero-order valence-electron chi connectivity index (χ0n) is 16.1. The van der Waals surface area contributed by atoms with Crippen LogP contribution in [0, 0.1) is 0 Å². The summed E-state index contributed by atoms with van der Waals surface area (Å²) in [5.74, 6) is 1.20. The molecule has 5 rings (SSSR count). The maximum absolute atomic E-state index is 12.5. The molecule has 0 fully saturated rings. The van der Waals surface area contributed by atoms with Gasteiger partial charge in [-0.25, -0.2) is 9.21 Å². The summed E-state index contributed by atoms with van der Waals surface area (Å²) >= 11 is 6.43. The first-order valence-electron chi connectivity index (χ1n) is 9.84. The van der Waals surface area contributed by atoms with Gasteiger partial charge in [0.25, 0.3) is 0 Å². The highest BCUT2D eigenvalue weighted by molar-refractivity contribution is 6.13. The molecule has 5 nitrogen and oxygen atoms in total. The summed E-state index contributed by atoms with van der Waals surface area (Å²) in [4.78, 5) is 12.5. The van der Waals surface area contributed by atoms with E-state index in [4.69, 9.17) is 26.0 Å². The van der Waals surface area contributed by atoms with E-state index in [1.807, 2.05) is 34.8 Å². The minimum absolute atomic E-state index is 0.130. The number of carbonyl (C=O) groups excluding carboxylic acids is 1. The molecule has 3 aliphatic rings. The van der Waals surface area contributed by atoms with Crippen molar-refractivity contribution in [3.8, 4) is 11.5 Å². The maximum Gasteiger partial charge on any atom is 0.338 e. The van der Waals surface area contributed by atoms with E-state index < -0.39 is 0 Å². The summed E-state index contributed by atoms with van der Waals surface area (Å²) in [5, 5.41) is 0. The number of hydrogen-bond donors (Lipinski definition) is 0. The molecule has 29 heavy (non-hydrogen) atoms. The highest BCUT2D eigenvalue weighted by Crippen LogP contribution is 2.56. The molecular weight excluding hydrogens is 390 g/mol. The van der Waals surface area contributed by atoms with Crippen LogP contribution >= 0.6 is 11.8 Å². The largest absolute Gasteiger partial charge is 0.493 e. The third-order valence-corrected chi connectivity index (χ3v) is 6.45. The standard InChI is InChI=1S/C23H22ClNO4/c1-27-18-8-7-16-14-25(24)12-11-23-10-9-17(13-19(23)29-21(18)20(16)23)28-22(26)15-5-3-2-4-6-15/h2-10,17,19H,11-14H2,1H3. The van der Waals surface area contributed by atoms with Crippen LogP contribution in [-0.2, 0) is 16.7 Å². The van der Waals surface area contributed by atoms with Gasteiger partial charge >= 0.3 is 5.97 Å². The molecule has 0 radical (unpaired) electrons. The quantitative estimate of drug-likeness (QED) is 0.429. The number of ether oxygens (including phenoxy) is 3. The van der Waals surface area contributed by atoms with Crippen LogP contribution in [0.5, 0.6) is 11.5 Å². The smallest absolute Gasteiger partial charge is 0.338 e. The van der Waals surface area contributed by atoms with Gasteiger partial charge in [-0.3, -0.25) is 0 Å². The molecule has 1 spiro atoms. The predicted molar refractivity (Wildman–Crippen MR) is 109 cm³/mol. The first kappa shape index (κ1) is 18.5. The summed E-state index contributed by atoms with van der Waals surface area (Å²) in [6.45, 7) is 1.41. The van der Waals surface area contributed by atoms with Crippen molar-refractivity contribution in [2.24, 2.45) is 0 Å². The van der Waals surface area contributed by atoms with E-state index in [2.05, 4.69) is 12.1 Å². The van der Waals surface area contributed by atoms with Crippen LogP contribution in [0.25, 0.3) is 0 Å². The van der Waals surface area contributed by atoms with Gasteiger partial charge in [0, 0.05) is 25.1 Å². The van der Waals surface area contributed by atoms with Gasteiger partial charge in [0.15, 0.2) is 11.5 Å². The van der Waals surface area contributed by atoms with Crippen molar-refractivity contribution in [1.29, 1.82) is 0 Å². The first-order chi connectivity index (χ1) is 14.1. The van der Waals surface area contributed by atoms with E-state index in [1.54, 1.807) is 19.2 Å². The van der Waals surface area contributed by atoms with Crippen LogP contribution in [-0.4, -0.2) is 36.3 Å². The highest BCUT2D eigenvalue weighted by Gasteiger charge is 2.53. The Labute approximate surface area is 174 Å². The van der Waals surface area contributed by atoms with Crippen LogP contribution in [0.1, 0.15) is 34.3 Å². The molecule has 0 saturated carbocycles. The number of halogens is 1. The van der Waals surface area contributed by atoms with Crippen LogP contribution < -0.4 is 9.47 Å². The topological polar surface area (TPSA) is 48.0 Å². The SMILES string of the molecule is COc1ccc2c3c1OC1CC(OC(=O)c4ccccc4)C=CC31CCN(Cl)C2. The first-order valence-corrected chi connectivity index (χ1v) is 10.2. The summed E-state index contributed by atoms with van der Waals surface area (Å²) in [6.07, 6.45) is 5.13. The van der Waals surface area contributed by atoms with Crippen molar-refractivity contribution in [3.05, 3.63) is 71.3 Å². The molecule has 0 amide bonds. The van der Waals surface area contributed by atoms with E-state index in [9.17, 15) is 4.79 Å². The summed E-state index contributed by atoms with van der Waals surface area (Å²) in [6, 6.07) is 13.1. The molecule has 0 saturated heterocycles. The molecule has 1 aliphatic carbocycles. The van der Waals surface area contributed by atoms with Gasteiger partial charge in [-0.05, 0) is 48.0 Å². The third kappa shape index (κ3) is 3.00. The minimum Gasteiger partial charge on any atom is -0.493 e. The van der Waals surface area contributed by atoms with E-state index in [-0.39, 0.29) is 23.6 Å². The molecule has 6 heteroatoms. The van der Waals surface area contributed by atoms with Crippen LogP contribution in [0.15, 0.2) is 54.6 Å².